The van der Waals surface area contributed by atoms with Crippen LogP contribution in [0.4, 0.5) is 4.39 Å². The standard InChI is InChI=1S/C16H19FN4O3/c1-24-10-14(22)18-8-9-20-16(23)21(13-6-7-13)15(19-20)11-2-4-12(17)5-3-11/h2-5,13H,6-10H2,1H3,(H,18,22). The van der Waals surface area contributed by atoms with E-state index >= 15 is 0 Å². The van der Waals surface area contributed by atoms with Crippen molar-refractivity contribution < 1.29 is 13.9 Å². The highest BCUT2D eigenvalue weighted by Gasteiger charge is 2.30. The molecule has 1 N–H and O–H groups in total. The lowest BCUT2D eigenvalue weighted by Gasteiger charge is -2.03. The van der Waals surface area contributed by atoms with E-state index in [4.69, 9.17) is 4.74 Å². The molecule has 1 aromatic heterocycles. The SMILES string of the molecule is COCC(=O)NCCn1nc(-c2ccc(F)cc2)n(C2CC2)c1=O. The molecule has 8 heteroatoms. The number of methoxy groups -OCH3 is 1. The highest BCUT2D eigenvalue weighted by Crippen LogP contribution is 2.36. The summed E-state index contributed by atoms with van der Waals surface area (Å²) in [4.78, 5) is 23.9. The number of aromatic nitrogens is 3. The monoisotopic (exact) mass is 334 g/mol. The fourth-order valence-corrected chi connectivity index (χ4v) is 2.51. The van der Waals surface area contributed by atoms with Crippen LogP contribution in [0.2, 0.25) is 0 Å². The number of hydrogen-bond acceptors (Lipinski definition) is 4. The Bertz CT molecular complexity index is 778. The van der Waals surface area contributed by atoms with Gasteiger partial charge in [-0.05, 0) is 37.1 Å². The van der Waals surface area contributed by atoms with Crippen LogP contribution in [-0.4, -0.2) is 40.5 Å². The van der Waals surface area contributed by atoms with Gasteiger partial charge in [0.2, 0.25) is 5.91 Å². The quantitative estimate of drug-likeness (QED) is 0.818. The number of benzene rings is 1. The maximum absolute atomic E-state index is 13.1. The van der Waals surface area contributed by atoms with Gasteiger partial charge in [0.25, 0.3) is 0 Å². The molecule has 1 saturated carbocycles. The van der Waals surface area contributed by atoms with E-state index in [1.807, 2.05) is 0 Å². The molecule has 1 heterocycles. The van der Waals surface area contributed by atoms with Crippen molar-refractivity contribution in [3.63, 3.8) is 0 Å². The predicted molar refractivity (Wildman–Crippen MR) is 85.0 cm³/mol. The molecule has 0 aliphatic heterocycles. The smallest absolute Gasteiger partial charge is 0.346 e. The van der Waals surface area contributed by atoms with Gasteiger partial charge >= 0.3 is 5.69 Å². The largest absolute Gasteiger partial charge is 0.375 e. The molecule has 1 fully saturated rings. The van der Waals surface area contributed by atoms with E-state index in [1.165, 1.54) is 23.9 Å². The van der Waals surface area contributed by atoms with E-state index in [2.05, 4.69) is 10.4 Å². The molecule has 1 amide bonds. The van der Waals surface area contributed by atoms with E-state index in [-0.39, 0.29) is 43.2 Å². The molecule has 3 rings (SSSR count). The van der Waals surface area contributed by atoms with Crippen LogP contribution >= 0.6 is 0 Å². The van der Waals surface area contributed by atoms with Crippen LogP contribution in [0.15, 0.2) is 29.1 Å². The lowest BCUT2D eigenvalue weighted by molar-refractivity contribution is -0.124. The average molecular weight is 334 g/mol. The number of amides is 1. The number of nitrogens with one attached hydrogen (secondary N) is 1. The fraction of sp³-hybridized carbons (Fsp3) is 0.438. The summed E-state index contributed by atoms with van der Waals surface area (Å²) in [5, 5.41) is 7.03. The molecule has 1 aliphatic carbocycles. The first-order valence-corrected chi connectivity index (χ1v) is 7.81. The van der Waals surface area contributed by atoms with E-state index in [0.29, 0.717) is 11.4 Å². The number of rotatable bonds is 7. The first-order valence-electron chi connectivity index (χ1n) is 7.81. The van der Waals surface area contributed by atoms with E-state index in [9.17, 15) is 14.0 Å². The zero-order valence-electron chi connectivity index (χ0n) is 13.4. The van der Waals surface area contributed by atoms with Gasteiger partial charge in [0, 0.05) is 25.3 Å². The predicted octanol–water partition coefficient (Wildman–Crippen LogP) is 0.948. The van der Waals surface area contributed by atoms with Gasteiger partial charge in [0.05, 0.1) is 6.54 Å². The summed E-state index contributed by atoms with van der Waals surface area (Å²) in [6, 6.07) is 6.07. The van der Waals surface area contributed by atoms with Gasteiger partial charge in [-0.2, -0.15) is 0 Å². The second-order valence-corrected chi connectivity index (χ2v) is 5.72. The maximum Gasteiger partial charge on any atom is 0.346 e. The number of hydrogen-bond donors (Lipinski definition) is 1. The molecule has 0 spiro atoms. The number of nitrogens with zero attached hydrogens (tertiary/aromatic N) is 3. The van der Waals surface area contributed by atoms with Gasteiger partial charge in [-0.15, -0.1) is 5.10 Å². The third-order valence-electron chi connectivity index (χ3n) is 3.81. The second kappa shape index (κ2) is 6.96. The molecule has 24 heavy (non-hydrogen) atoms. The maximum atomic E-state index is 13.1. The van der Waals surface area contributed by atoms with E-state index < -0.39 is 0 Å². The Morgan fingerprint density at radius 2 is 2.08 bits per heavy atom. The van der Waals surface area contributed by atoms with Gasteiger partial charge in [0.15, 0.2) is 5.82 Å². The summed E-state index contributed by atoms with van der Waals surface area (Å²) >= 11 is 0. The molecule has 0 saturated heterocycles. The van der Waals surface area contributed by atoms with E-state index in [1.54, 1.807) is 16.7 Å². The minimum absolute atomic E-state index is 0.0216. The summed E-state index contributed by atoms with van der Waals surface area (Å²) in [6.07, 6.45) is 1.87. The summed E-state index contributed by atoms with van der Waals surface area (Å²) in [5.74, 6) is -0.0454. The second-order valence-electron chi connectivity index (χ2n) is 5.72. The third kappa shape index (κ3) is 3.53. The van der Waals surface area contributed by atoms with Crippen molar-refractivity contribution in [2.75, 3.05) is 20.3 Å². The summed E-state index contributed by atoms with van der Waals surface area (Å²) in [5.41, 5.74) is 0.486. The molecule has 0 unspecified atom stereocenters. The number of halogens is 1. The van der Waals surface area contributed by atoms with Gasteiger partial charge < -0.3 is 10.1 Å². The van der Waals surface area contributed by atoms with Crippen LogP contribution in [-0.2, 0) is 16.1 Å². The fourth-order valence-electron chi connectivity index (χ4n) is 2.51. The zero-order valence-corrected chi connectivity index (χ0v) is 13.4. The minimum atomic E-state index is -0.334. The van der Waals surface area contributed by atoms with Crippen molar-refractivity contribution in [2.45, 2.75) is 25.4 Å². The molecule has 7 nitrogen and oxygen atoms in total. The van der Waals surface area contributed by atoms with Crippen LogP contribution in [0.5, 0.6) is 0 Å². The number of carbonyl (C=O) groups is 1. The lowest BCUT2D eigenvalue weighted by atomic mass is 10.2. The van der Waals surface area contributed by atoms with Gasteiger partial charge in [-0.3, -0.25) is 9.36 Å². The number of ether oxygens (including phenoxy) is 1. The van der Waals surface area contributed by atoms with Crippen molar-refractivity contribution in [3.05, 3.63) is 40.6 Å². The van der Waals surface area contributed by atoms with Crippen molar-refractivity contribution in [1.29, 1.82) is 0 Å². The Hall–Kier alpha value is -2.48. The third-order valence-corrected chi connectivity index (χ3v) is 3.81. The van der Waals surface area contributed by atoms with Crippen LogP contribution in [0.3, 0.4) is 0 Å². The molecule has 1 aromatic carbocycles. The highest BCUT2D eigenvalue weighted by molar-refractivity contribution is 5.77. The van der Waals surface area contributed by atoms with Crippen LogP contribution in [0.25, 0.3) is 11.4 Å². The molecule has 0 bridgehead atoms. The van der Waals surface area contributed by atoms with Crippen molar-refractivity contribution in [2.24, 2.45) is 0 Å². The summed E-state index contributed by atoms with van der Waals surface area (Å²) in [6.45, 7) is 0.529. The topological polar surface area (TPSA) is 78.2 Å². The minimum Gasteiger partial charge on any atom is -0.375 e. The van der Waals surface area contributed by atoms with Crippen molar-refractivity contribution >= 4 is 5.91 Å². The lowest BCUT2D eigenvalue weighted by Crippen LogP contribution is -2.33. The average Bonchev–Trinajstić information content (AvgIpc) is 3.34. The Labute approximate surface area is 138 Å². The van der Waals surface area contributed by atoms with Gasteiger partial charge in [0.1, 0.15) is 12.4 Å². The Kier molecular flexibility index (Phi) is 4.75. The molecule has 0 atom stereocenters. The van der Waals surface area contributed by atoms with Gasteiger partial charge in [-0.25, -0.2) is 13.9 Å². The van der Waals surface area contributed by atoms with Crippen LogP contribution < -0.4 is 11.0 Å². The van der Waals surface area contributed by atoms with E-state index in [0.717, 1.165) is 12.8 Å². The normalized spacial score (nSPS) is 13.9. The first kappa shape index (κ1) is 16.4. The summed E-state index contributed by atoms with van der Waals surface area (Å²) < 4.78 is 20.8. The molecular weight excluding hydrogens is 315 g/mol. The highest BCUT2D eigenvalue weighted by atomic mass is 19.1. The Morgan fingerprint density at radius 3 is 2.71 bits per heavy atom. The van der Waals surface area contributed by atoms with Crippen molar-refractivity contribution in [3.8, 4) is 11.4 Å². The van der Waals surface area contributed by atoms with Crippen molar-refractivity contribution in [1.82, 2.24) is 19.7 Å². The molecule has 2 aromatic rings. The first-order chi connectivity index (χ1) is 11.6. The summed E-state index contributed by atoms with van der Waals surface area (Å²) in [7, 11) is 1.44. The zero-order chi connectivity index (χ0) is 17.1. The van der Waals surface area contributed by atoms with Crippen LogP contribution in [0.1, 0.15) is 18.9 Å². The molecular formula is C16H19FN4O3. The Balaban J connectivity index is 1.81. The molecule has 1 aliphatic rings. The number of carbonyl (C=O) groups excluding carboxylic acids is 1. The molecule has 128 valence electrons. The van der Waals surface area contributed by atoms with Crippen LogP contribution in [0, 0.1) is 5.82 Å². The molecule has 0 radical (unpaired) electrons. The Morgan fingerprint density at radius 1 is 1.38 bits per heavy atom. The van der Waals surface area contributed by atoms with Gasteiger partial charge in [-0.1, -0.05) is 0 Å².